The highest BCUT2D eigenvalue weighted by molar-refractivity contribution is 7.91. The fourth-order valence-corrected chi connectivity index (χ4v) is 4.45. The zero-order valence-corrected chi connectivity index (χ0v) is 11.3. The molecule has 1 unspecified atom stereocenters. The highest BCUT2D eigenvalue weighted by atomic mass is 32.2. The minimum absolute atomic E-state index is 0.201. The summed E-state index contributed by atoms with van der Waals surface area (Å²) in [5.74, 6) is 0.710. The van der Waals surface area contributed by atoms with Gasteiger partial charge in [0.15, 0.2) is 9.84 Å². The molecule has 2 rings (SSSR count). The number of likely N-dealkylation sites (tertiary alicyclic amines) is 1. The van der Waals surface area contributed by atoms with Crippen LogP contribution >= 0.6 is 0 Å². The molecule has 4 nitrogen and oxygen atoms in total. The van der Waals surface area contributed by atoms with Crippen molar-refractivity contribution in [1.29, 1.82) is 0 Å². The topological polar surface area (TPSA) is 49.4 Å². The van der Waals surface area contributed by atoms with E-state index in [-0.39, 0.29) is 6.04 Å². The van der Waals surface area contributed by atoms with Crippen LogP contribution in [0.3, 0.4) is 0 Å². The second-order valence-electron chi connectivity index (χ2n) is 5.31. The molecule has 17 heavy (non-hydrogen) atoms. The van der Waals surface area contributed by atoms with Gasteiger partial charge < -0.3 is 10.2 Å². The quantitative estimate of drug-likeness (QED) is 0.806. The summed E-state index contributed by atoms with van der Waals surface area (Å²) < 4.78 is 22.6. The predicted molar refractivity (Wildman–Crippen MR) is 70.0 cm³/mol. The number of nitrogens with zero attached hydrogens (tertiary/aromatic N) is 1. The van der Waals surface area contributed by atoms with Gasteiger partial charge in [-0.1, -0.05) is 12.8 Å². The highest BCUT2D eigenvalue weighted by Crippen LogP contribution is 2.11. The Hall–Kier alpha value is -0.130. The van der Waals surface area contributed by atoms with Crippen LogP contribution in [0.2, 0.25) is 0 Å². The first-order valence-corrected chi connectivity index (χ1v) is 8.64. The molecule has 2 aliphatic heterocycles. The van der Waals surface area contributed by atoms with E-state index in [0.29, 0.717) is 11.5 Å². The van der Waals surface area contributed by atoms with E-state index in [1.165, 1.54) is 38.8 Å². The number of sulfone groups is 1. The third-order valence-electron chi connectivity index (χ3n) is 3.79. The van der Waals surface area contributed by atoms with E-state index in [2.05, 4.69) is 10.2 Å². The zero-order valence-electron chi connectivity index (χ0n) is 10.5. The highest BCUT2D eigenvalue weighted by Gasteiger charge is 2.27. The number of nitrogens with one attached hydrogen (secondary N) is 1. The molecular weight excluding hydrogens is 236 g/mol. The van der Waals surface area contributed by atoms with Crippen molar-refractivity contribution < 1.29 is 8.42 Å². The SMILES string of the molecule is O=S1(=O)CCC(NCCN2CCCCCC2)C1. The molecule has 2 heterocycles. The van der Waals surface area contributed by atoms with Crippen LogP contribution in [-0.2, 0) is 9.84 Å². The van der Waals surface area contributed by atoms with E-state index in [1.807, 2.05) is 0 Å². The third-order valence-corrected chi connectivity index (χ3v) is 5.56. The monoisotopic (exact) mass is 260 g/mol. The molecule has 2 aliphatic rings. The molecular formula is C12H24N2O2S. The van der Waals surface area contributed by atoms with Crippen LogP contribution in [0, 0.1) is 0 Å². The van der Waals surface area contributed by atoms with Crippen molar-refractivity contribution in [2.75, 3.05) is 37.7 Å². The molecule has 0 amide bonds. The smallest absolute Gasteiger partial charge is 0.151 e. The lowest BCUT2D eigenvalue weighted by Crippen LogP contribution is -2.38. The van der Waals surface area contributed by atoms with Gasteiger partial charge in [0.05, 0.1) is 11.5 Å². The minimum Gasteiger partial charge on any atom is -0.312 e. The maximum absolute atomic E-state index is 11.3. The lowest BCUT2D eigenvalue weighted by atomic mass is 10.2. The second kappa shape index (κ2) is 6.16. The fourth-order valence-electron chi connectivity index (χ4n) is 2.74. The molecule has 2 fully saturated rings. The molecule has 0 bridgehead atoms. The summed E-state index contributed by atoms with van der Waals surface area (Å²) in [6.07, 6.45) is 6.16. The van der Waals surface area contributed by atoms with E-state index in [1.54, 1.807) is 0 Å². The molecule has 0 saturated carbocycles. The lowest BCUT2D eigenvalue weighted by molar-refractivity contribution is 0.280. The van der Waals surface area contributed by atoms with Crippen molar-refractivity contribution in [2.45, 2.75) is 38.1 Å². The molecule has 1 atom stereocenters. The molecule has 100 valence electrons. The average molecular weight is 260 g/mol. The maximum Gasteiger partial charge on any atom is 0.151 e. The molecule has 0 spiro atoms. The Morgan fingerprint density at radius 3 is 2.41 bits per heavy atom. The van der Waals surface area contributed by atoms with Gasteiger partial charge in [-0.15, -0.1) is 0 Å². The first kappa shape index (κ1) is 13.3. The van der Waals surface area contributed by atoms with Gasteiger partial charge in [0.25, 0.3) is 0 Å². The summed E-state index contributed by atoms with van der Waals surface area (Å²) in [6, 6.07) is 0.201. The standard InChI is InChI=1S/C12H24N2O2S/c15-17(16)10-5-12(11-17)13-6-9-14-7-3-1-2-4-8-14/h12-13H,1-11H2. The maximum atomic E-state index is 11.3. The van der Waals surface area contributed by atoms with Crippen LogP contribution in [0.25, 0.3) is 0 Å². The van der Waals surface area contributed by atoms with Gasteiger partial charge in [0.1, 0.15) is 0 Å². The summed E-state index contributed by atoms with van der Waals surface area (Å²) in [6.45, 7) is 4.42. The summed E-state index contributed by atoms with van der Waals surface area (Å²) in [4.78, 5) is 2.50. The van der Waals surface area contributed by atoms with Gasteiger partial charge in [-0.3, -0.25) is 0 Å². The zero-order chi connectivity index (χ0) is 12.1. The summed E-state index contributed by atoms with van der Waals surface area (Å²) >= 11 is 0. The van der Waals surface area contributed by atoms with Gasteiger partial charge in [0, 0.05) is 19.1 Å². The van der Waals surface area contributed by atoms with E-state index >= 15 is 0 Å². The minimum atomic E-state index is -2.73. The van der Waals surface area contributed by atoms with Crippen LogP contribution in [0.5, 0.6) is 0 Å². The fraction of sp³-hybridized carbons (Fsp3) is 1.00. The van der Waals surface area contributed by atoms with Gasteiger partial charge in [-0.05, 0) is 32.4 Å². The number of hydrogen-bond acceptors (Lipinski definition) is 4. The van der Waals surface area contributed by atoms with Crippen molar-refractivity contribution in [1.82, 2.24) is 10.2 Å². The first-order valence-electron chi connectivity index (χ1n) is 6.82. The largest absolute Gasteiger partial charge is 0.312 e. The van der Waals surface area contributed by atoms with Crippen LogP contribution in [-0.4, -0.2) is 57.0 Å². The molecule has 0 aromatic rings. The van der Waals surface area contributed by atoms with Crippen molar-refractivity contribution in [3.63, 3.8) is 0 Å². The number of hydrogen-bond donors (Lipinski definition) is 1. The molecule has 0 aliphatic carbocycles. The van der Waals surface area contributed by atoms with Crippen molar-refractivity contribution in [3.05, 3.63) is 0 Å². The normalized spacial score (nSPS) is 30.2. The molecule has 0 radical (unpaired) electrons. The van der Waals surface area contributed by atoms with Crippen molar-refractivity contribution in [3.8, 4) is 0 Å². The Labute approximate surface area is 105 Å². The van der Waals surface area contributed by atoms with Gasteiger partial charge in [0.2, 0.25) is 0 Å². The van der Waals surface area contributed by atoms with E-state index in [0.717, 1.165) is 19.5 Å². The predicted octanol–water partition coefficient (Wildman–Crippen LogP) is 0.639. The Kier molecular flexibility index (Phi) is 4.82. The number of rotatable bonds is 4. The Balaban J connectivity index is 1.62. The van der Waals surface area contributed by atoms with Gasteiger partial charge in [-0.25, -0.2) is 8.42 Å². The van der Waals surface area contributed by atoms with Crippen LogP contribution in [0.4, 0.5) is 0 Å². The second-order valence-corrected chi connectivity index (χ2v) is 7.54. The van der Waals surface area contributed by atoms with Crippen LogP contribution < -0.4 is 5.32 Å². The Bertz CT molecular complexity index is 321. The summed E-state index contributed by atoms with van der Waals surface area (Å²) in [5.41, 5.74) is 0. The van der Waals surface area contributed by atoms with Crippen LogP contribution in [0.1, 0.15) is 32.1 Å². The molecule has 0 aromatic carbocycles. The lowest BCUT2D eigenvalue weighted by Gasteiger charge is -2.21. The summed E-state index contributed by atoms with van der Waals surface area (Å²) in [5, 5.41) is 3.38. The molecule has 0 aromatic heterocycles. The summed E-state index contributed by atoms with van der Waals surface area (Å²) in [7, 11) is -2.73. The Morgan fingerprint density at radius 1 is 1.12 bits per heavy atom. The van der Waals surface area contributed by atoms with Gasteiger partial charge in [-0.2, -0.15) is 0 Å². The first-order chi connectivity index (χ1) is 8.16. The third kappa shape index (κ3) is 4.56. The van der Waals surface area contributed by atoms with E-state index < -0.39 is 9.84 Å². The van der Waals surface area contributed by atoms with Gasteiger partial charge >= 0.3 is 0 Å². The van der Waals surface area contributed by atoms with Crippen molar-refractivity contribution >= 4 is 9.84 Å². The molecule has 2 saturated heterocycles. The van der Waals surface area contributed by atoms with Crippen molar-refractivity contribution in [2.24, 2.45) is 0 Å². The van der Waals surface area contributed by atoms with E-state index in [9.17, 15) is 8.42 Å². The molecule has 5 heteroatoms. The van der Waals surface area contributed by atoms with E-state index in [4.69, 9.17) is 0 Å². The Morgan fingerprint density at radius 2 is 1.82 bits per heavy atom. The molecule has 1 N–H and O–H groups in total. The van der Waals surface area contributed by atoms with Crippen LogP contribution in [0.15, 0.2) is 0 Å². The average Bonchev–Trinajstić information content (AvgIpc) is 2.52.